The number of sulfonamides is 1. The molecule has 0 radical (unpaired) electrons. The minimum absolute atomic E-state index is 0.00244. The molecule has 0 aliphatic carbocycles. The van der Waals surface area contributed by atoms with Crippen molar-refractivity contribution in [3.05, 3.63) is 81.4 Å². The van der Waals surface area contributed by atoms with Gasteiger partial charge in [0, 0.05) is 32.2 Å². The number of rotatable bonds is 4. The van der Waals surface area contributed by atoms with Crippen LogP contribution < -0.4 is 10.5 Å². The van der Waals surface area contributed by atoms with Crippen molar-refractivity contribution in [3.63, 3.8) is 0 Å². The molecule has 1 aliphatic heterocycles. The van der Waals surface area contributed by atoms with Gasteiger partial charge in [-0.15, -0.1) is 5.10 Å². The van der Waals surface area contributed by atoms with Crippen LogP contribution in [-0.4, -0.2) is 48.7 Å². The zero-order valence-electron chi connectivity index (χ0n) is 19.0. The summed E-state index contributed by atoms with van der Waals surface area (Å²) >= 11 is 0. The van der Waals surface area contributed by atoms with Gasteiger partial charge in [-0.3, -0.25) is 4.79 Å². The first-order valence-corrected chi connectivity index (χ1v) is 12.3. The summed E-state index contributed by atoms with van der Waals surface area (Å²) in [5.41, 5.74) is 3.16. The van der Waals surface area contributed by atoms with Crippen molar-refractivity contribution in [3.8, 4) is 5.69 Å². The number of aryl methyl sites for hydroxylation is 3. The van der Waals surface area contributed by atoms with Crippen molar-refractivity contribution < 1.29 is 12.8 Å². The molecule has 0 amide bonds. The van der Waals surface area contributed by atoms with Crippen LogP contribution in [0.15, 0.2) is 58.2 Å². The Hall–Kier alpha value is -3.04. The van der Waals surface area contributed by atoms with Gasteiger partial charge in [-0.25, -0.2) is 12.8 Å². The Morgan fingerprint density at radius 2 is 1.61 bits per heavy atom. The van der Waals surface area contributed by atoms with E-state index in [1.165, 1.54) is 27.2 Å². The van der Waals surface area contributed by atoms with E-state index in [0.717, 1.165) is 17.2 Å². The van der Waals surface area contributed by atoms with Gasteiger partial charge in [0.15, 0.2) is 0 Å². The van der Waals surface area contributed by atoms with Gasteiger partial charge in [-0.1, -0.05) is 12.1 Å². The molecule has 7 nitrogen and oxygen atoms in total. The molecule has 1 aliphatic rings. The molecule has 2 aromatic carbocycles. The lowest BCUT2D eigenvalue weighted by Gasteiger charge is -2.23. The minimum Gasteiger partial charge on any atom is -0.354 e. The second-order valence-corrected chi connectivity index (χ2v) is 10.3. The third kappa shape index (κ3) is 4.69. The smallest absolute Gasteiger partial charge is 0.271 e. The monoisotopic (exact) mass is 470 g/mol. The van der Waals surface area contributed by atoms with Crippen LogP contribution in [0, 0.1) is 26.6 Å². The Kier molecular flexibility index (Phi) is 6.36. The molecule has 0 saturated carbocycles. The lowest BCUT2D eigenvalue weighted by molar-refractivity contribution is 0.432. The van der Waals surface area contributed by atoms with Gasteiger partial charge in [-0.2, -0.15) is 8.99 Å². The van der Waals surface area contributed by atoms with E-state index in [4.69, 9.17) is 0 Å². The molecule has 0 N–H and O–H groups in total. The van der Waals surface area contributed by atoms with Crippen LogP contribution in [-0.2, 0) is 10.0 Å². The van der Waals surface area contributed by atoms with Crippen molar-refractivity contribution in [1.82, 2.24) is 14.1 Å². The zero-order chi connectivity index (χ0) is 23.8. The zero-order valence-corrected chi connectivity index (χ0v) is 19.8. The van der Waals surface area contributed by atoms with Crippen molar-refractivity contribution in [2.75, 3.05) is 31.1 Å². The van der Waals surface area contributed by atoms with Crippen LogP contribution in [0.25, 0.3) is 5.69 Å². The van der Waals surface area contributed by atoms with Crippen LogP contribution in [0.4, 0.5) is 10.2 Å². The Balaban J connectivity index is 1.59. The summed E-state index contributed by atoms with van der Waals surface area (Å²) in [5, 5.41) is 4.56. The number of aromatic nitrogens is 2. The lowest BCUT2D eigenvalue weighted by Crippen LogP contribution is -2.36. The Labute approximate surface area is 193 Å². The van der Waals surface area contributed by atoms with Crippen LogP contribution in [0.5, 0.6) is 0 Å². The fraction of sp³-hybridized carbons (Fsp3) is 0.333. The summed E-state index contributed by atoms with van der Waals surface area (Å²) < 4.78 is 42.9. The number of benzene rings is 2. The molecule has 0 spiro atoms. The molecule has 0 bridgehead atoms. The maximum atomic E-state index is 13.7. The lowest BCUT2D eigenvalue weighted by atomic mass is 10.1. The molecule has 2 heterocycles. The van der Waals surface area contributed by atoms with E-state index in [1.807, 2.05) is 36.9 Å². The summed E-state index contributed by atoms with van der Waals surface area (Å²) in [7, 11) is -3.82. The number of nitrogens with zero attached hydrogens (tertiary/aromatic N) is 4. The SMILES string of the molecule is Cc1ccc(-n2nc(N3CCCN(S(=O)(=O)c4cc(F)ccc4C)CC3)ccc2=O)cc1C. The Morgan fingerprint density at radius 1 is 0.848 bits per heavy atom. The van der Waals surface area contributed by atoms with Crippen LogP contribution in [0.1, 0.15) is 23.1 Å². The van der Waals surface area contributed by atoms with E-state index in [9.17, 15) is 17.6 Å². The second kappa shape index (κ2) is 9.07. The molecule has 0 unspecified atom stereocenters. The molecule has 1 fully saturated rings. The molecule has 1 aromatic heterocycles. The van der Waals surface area contributed by atoms with Crippen molar-refractivity contribution in [1.29, 1.82) is 0 Å². The number of hydrogen-bond donors (Lipinski definition) is 0. The standard InChI is InChI=1S/C24H27FN4O3S/c1-17-6-8-21(15-19(17)3)29-24(30)10-9-23(26-29)27-11-4-12-28(14-13-27)33(31,32)22-16-20(25)7-5-18(22)2/h5-10,15-16H,4,11-14H2,1-3H3. The molecule has 1 saturated heterocycles. The highest BCUT2D eigenvalue weighted by Crippen LogP contribution is 2.23. The minimum atomic E-state index is -3.82. The predicted octanol–water partition coefficient (Wildman–Crippen LogP) is 3.20. The van der Waals surface area contributed by atoms with E-state index >= 15 is 0 Å². The molecule has 9 heteroatoms. The van der Waals surface area contributed by atoms with Crippen molar-refractivity contribution >= 4 is 15.8 Å². The summed E-state index contributed by atoms with van der Waals surface area (Å²) in [6.45, 7) is 7.22. The van der Waals surface area contributed by atoms with E-state index in [-0.39, 0.29) is 17.0 Å². The quantitative estimate of drug-likeness (QED) is 0.585. The van der Waals surface area contributed by atoms with Gasteiger partial charge in [0.05, 0.1) is 10.6 Å². The van der Waals surface area contributed by atoms with Gasteiger partial charge < -0.3 is 4.90 Å². The highest BCUT2D eigenvalue weighted by atomic mass is 32.2. The summed E-state index contributed by atoms with van der Waals surface area (Å²) in [6.07, 6.45) is 0.581. The molecular weight excluding hydrogens is 443 g/mol. The molecule has 174 valence electrons. The first-order chi connectivity index (χ1) is 15.7. The largest absolute Gasteiger partial charge is 0.354 e. The van der Waals surface area contributed by atoms with Crippen molar-refractivity contribution in [2.24, 2.45) is 0 Å². The molecule has 4 rings (SSSR count). The van der Waals surface area contributed by atoms with Gasteiger partial charge in [0.25, 0.3) is 5.56 Å². The van der Waals surface area contributed by atoms with Crippen LogP contribution in [0.3, 0.4) is 0 Å². The maximum Gasteiger partial charge on any atom is 0.271 e. The van der Waals surface area contributed by atoms with E-state index in [2.05, 4.69) is 5.10 Å². The van der Waals surface area contributed by atoms with E-state index in [1.54, 1.807) is 13.0 Å². The topological polar surface area (TPSA) is 75.5 Å². The third-order valence-corrected chi connectivity index (χ3v) is 8.11. The Morgan fingerprint density at radius 3 is 2.36 bits per heavy atom. The van der Waals surface area contributed by atoms with Gasteiger partial charge in [0.1, 0.15) is 11.6 Å². The third-order valence-electron chi connectivity index (χ3n) is 6.07. The number of hydrogen-bond acceptors (Lipinski definition) is 5. The highest BCUT2D eigenvalue weighted by Gasteiger charge is 2.29. The van der Waals surface area contributed by atoms with Crippen LogP contribution >= 0.6 is 0 Å². The van der Waals surface area contributed by atoms with Crippen LogP contribution in [0.2, 0.25) is 0 Å². The normalized spacial score (nSPS) is 15.5. The molecule has 33 heavy (non-hydrogen) atoms. The Bertz CT molecular complexity index is 1350. The van der Waals surface area contributed by atoms with E-state index in [0.29, 0.717) is 43.1 Å². The number of anilines is 1. The first kappa shape index (κ1) is 23.1. The number of halogens is 1. The molecule has 3 aromatic rings. The fourth-order valence-corrected chi connectivity index (χ4v) is 5.67. The predicted molar refractivity (Wildman–Crippen MR) is 126 cm³/mol. The van der Waals surface area contributed by atoms with Gasteiger partial charge in [-0.05, 0) is 74.2 Å². The summed E-state index contributed by atoms with van der Waals surface area (Å²) in [4.78, 5) is 14.5. The van der Waals surface area contributed by atoms with E-state index < -0.39 is 15.8 Å². The average Bonchev–Trinajstić information content (AvgIpc) is 3.05. The summed E-state index contributed by atoms with van der Waals surface area (Å²) in [6, 6.07) is 12.7. The second-order valence-electron chi connectivity index (χ2n) is 8.36. The highest BCUT2D eigenvalue weighted by molar-refractivity contribution is 7.89. The molecule has 0 atom stereocenters. The molecular formula is C24H27FN4O3S. The first-order valence-electron chi connectivity index (χ1n) is 10.9. The maximum absolute atomic E-state index is 13.7. The van der Waals surface area contributed by atoms with Gasteiger partial charge >= 0.3 is 0 Å². The van der Waals surface area contributed by atoms with Gasteiger partial charge in [0.2, 0.25) is 10.0 Å². The summed E-state index contributed by atoms with van der Waals surface area (Å²) in [5.74, 6) is 0.0300. The fourth-order valence-electron chi connectivity index (χ4n) is 3.97. The average molecular weight is 471 g/mol. The van der Waals surface area contributed by atoms with Crippen molar-refractivity contribution in [2.45, 2.75) is 32.1 Å².